The Bertz CT molecular complexity index is 709. The number of para-hydroxylation sites is 1. The number of rotatable bonds is 5. The van der Waals surface area contributed by atoms with Crippen molar-refractivity contribution in [3.05, 3.63) is 59.1 Å². The van der Waals surface area contributed by atoms with Crippen molar-refractivity contribution in [3.8, 4) is 5.75 Å². The van der Waals surface area contributed by atoms with Crippen LogP contribution in [0.4, 0.5) is 0 Å². The van der Waals surface area contributed by atoms with Gasteiger partial charge in [-0.3, -0.25) is 4.79 Å². The van der Waals surface area contributed by atoms with E-state index in [4.69, 9.17) is 4.74 Å². The fourth-order valence-corrected chi connectivity index (χ4v) is 3.13. The van der Waals surface area contributed by atoms with Gasteiger partial charge in [0.05, 0.1) is 17.1 Å². The zero-order valence-electron chi connectivity index (χ0n) is 11.0. The van der Waals surface area contributed by atoms with Crippen LogP contribution in [0, 0.1) is 0 Å². The van der Waals surface area contributed by atoms with Crippen molar-refractivity contribution in [2.75, 3.05) is 5.75 Å². The molecule has 0 saturated heterocycles. The summed E-state index contributed by atoms with van der Waals surface area (Å²) < 4.78 is 30.0. The van der Waals surface area contributed by atoms with Crippen molar-refractivity contribution in [1.82, 2.24) is 0 Å². The molecule has 0 aliphatic carbocycles. The summed E-state index contributed by atoms with van der Waals surface area (Å²) in [5.74, 6) is -0.439. The van der Waals surface area contributed by atoms with Crippen LogP contribution < -0.4 is 4.74 Å². The van der Waals surface area contributed by atoms with Gasteiger partial charge in [-0.1, -0.05) is 34.1 Å². The third-order valence-corrected chi connectivity index (χ3v) is 4.98. The number of hydrogen-bond donors (Lipinski definition) is 0. The zero-order valence-corrected chi connectivity index (χ0v) is 13.4. The maximum absolute atomic E-state index is 12.1. The van der Waals surface area contributed by atoms with E-state index in [0.29, 0.717) is 5.75 Å². The predicted octanol–water partition coefficient (Wildman–Crippen LogP) is 3.22. The molecule has 0 saturated carbocycles. The van der Waals surface area contributed by atoms with Crippen LogP contribution in [0.25, 0.3) is 0 Å². The van der Waals surface area contributed by atoms with E-state index >= 15 is 0 Å². The highest BCUT2D eigenvalue weighted by atomic mass is 79.9. The molecule has 110 valence electrons. The van der Waals surface area contributed by atoms with E-state index in [1.165, 1.54) is 12.1 Å². The summed E-state index contributed by atoms with van der Waals surface area (Å²) in [6.45, 7) is 0. The quantitative estimate of drug-likeness (QED) is 0.600. The number of ether oxygens (including phenoxy) is 1. The molecule has 6 heteroatoms. The van der Waals surface area contributed by atoms with Crippen LogP contribution in [0.2, 0.25) is 0 Å². The molecule has 0 heterocycles. The third-order valence-electron chi connectivity index (χ3n) is 2.72. The molecule has 0 radical (unpaired) electrons. The van der Waals surface area contributed by atoms with Gasteiger partial charge in [0.2, 0.25) is 0 Å². The molecule has 0 bridgehead atoms. The van der Waals surface area contributed by atoms with Crippen LogP contribution >= 0.6 is 15.9 Å². The molecule has 0 fully saturated rings. The Morgan fingerprint density at radius 1 is 1.00 bits per heavy atom. The Morgan fingerprint density at radius 2 is 1.62 bits per heavy atom. The summed E-state index contributed by atoms with van der Waals surface area (Å²) in [5.41, 5.74) is 0. The van der Waals surface area contributed by atoms with Gasteiger partial charge in [0, 0.05) is 4.47 Å². The molecule has 4 nitrogen and oxygen atoms in total. The Kier molecular flexibility index (Phi) is 5.14. The van der Waals surface area contributed by atoms with Crippen molar-refractivity contribution in [2.45, 2.75) is 11.3 Å². The topological polar surface area (TPSA) is 60.4 Å². The Hall–Kier alpha value is -1.66. The first-order chi connectivity index (χ1) is 9.97. The number of carbonyl (C=O) groups is 1. The van der Waals surface area contributed by atoms with E-state index in [1.807, 2.05) is 0 Å². The molecule has 0 spiro atoms. The molecule has 2 aromatic rings. The highest BCUT2D eigenvalue weighted by molar-refractivity contribution is 9.10. The largest absolute Gasteiger partial charge is 0.427 e. The Balaban J connectivity index is 1.95. The molecule has 0 atom stereocenters. The first-order valence-corrected chi connectivity index (χ1v) is 8.66. The molecule has 2 aromatic carbocycles. The minimum atomic E-state index is -3.49. The second-order valence-electron chi connectivity index (χ2n) is 4.31. The standard InChI is InChI=1S/C15H13BrO4S/c16-12-6-8-14(9-7-12)21(18,19)11-10-15(17)20-13-4-2-1-3-5-13/h1-9H,10-11H2. The van der Waals surface area contributed by atoms with Gasteiger partial charge >= 0.3 is 5.97 Å². The highest BCUT2D eigenvalue weighted by Crippen LogP contribution is 2.17. The smallest absolute Gasteiger partial charge is 0.312 e. The van der Waals surface area contributed by atoms with Gasteiger partial charge < -0.3 is 4.74 Å². The van der Waals surface area contributed by atoms with Crippen LogP contribution in [0.5, 0.6) is 5.75 Å². The van der Waals surface area contributed by atoms with Crippen LogP contribution in [-0.2, 0) is 14.6 Å². The van der Waals surface area contributed by atoms with Crippen molar-refractivity contribution >= 4 is 31.7 Å². The second kappa shape index (κ2) is 6.87. The second-order valence-corrected chi connectivity index (χ2v) is 7.33. The molecule has 0 unspecified atom stereocenters. The minimum absolute atomic E-state index is 0.187. The van der Waals surface area contributed by atoms with Gasteiger partial charge in [-0.15, -0.1) is 0 Å². The molecular formula is C15H13BrO4S. The number of benzene rings is 2. The van der Waals surface area contributed by atoms with Gasteiger partial charge in [-0.2, -0.15) is 0 Å². The fraction of sp³-hybridized carbons (Fsp3) is 0.133. The van der Waals surface area contributed by atoms with Gasteiger partial charge in [-0.05, 0) is 36.4 Å². The van der Waals surface area contributed by atoms with E-state index in [-0.39, 0.29) is 17.1 Å². The number of halogens is 1. The maximum atomic E-state index is 12.1. The van der Waals surface area contributed by atoms with Gasteiger partial charge in [-0.25, -0.2) is 8.42 Å². The molecule has 0 aliphatic heterocycles. The van der Waals surface area contributed by atoms with Crippen LogP contribution in [0.3, 0.4) is 0 Å². The fourth-order valence-electron chi connectivity index (χ4n) is 1.65. The summed E-state index contributed by atoms with van der Waals surface area (Å²) in [6.07, 6.45) is -0.187. The molecule has 0 amide bonds. The average molecular weight is 369 g/mol. The number of esters is 1. The molecule has 0 aromatic heterocycles. The summed E-state index contributed by atoms with van der Waals surface area (Å²) in [6, 6.07) is 14.9. The third kappa shape index (κ3) is 4.68. The summed E-state index contributed by atoms with van der Waals surface area (Å²) in [5, 5.41) is 0. The normalized spacial score (nSPS) is 11.1. The molecule has 0 N–H and O–H groups in total. The molecule has 21 heavy (non-hydrogen) atoms. The number of sulfone groups is 1. The number of carbonyl (C=O) groups excluding carboxylic acids is 1. The van der Waals surface area contributed by atoms with Crippen molar-refractivity contribution < 1.29 is 17.9 Å². The van der Waals surface area contributed by atoms with Crippen molar-refractivity contribution in [1.29, 1.82) is 0 Å². The van der Waals surface area contributed by atoms with Crippen LogP contribution in [0.1, 0.15) is 6.42 Å². The zero-order chi connectivity index (χ0) is 15.3. The highest BCUT2D eigenvalue weighted by Gasteiger charge is 2.17. The van der Waals surface area contributed by atoms with E-state index in [1.54, 1.807) is 42.5 Å². The van der Waals surface area contributed by atoms with E-state index < -0.39 is 15.8 Å². The lowest BCUT2D eigenvalue weighted by Crippen LogP contribution is -2.15. The van der Waals surface area contributed by atoms with Gasteiger partial charge in [0.25, 0.3) is 0 Å². The van der Waals surface area contributed by atoms with E-state index in [9.17, 15) is 13.2 Å². The van der Waals surface area contributed by atoms with Crippen molar-refractivity contribution in [2.24, 2.45) is 0 Å². The monoisotopic (exact) mass is 368 g/mol. The Morgan fingerprint density at radius 3 is 2.24 bits per heavy atom. The summed E-state index contributed by atoms with van der Waals surface area (Å²) >= 11 is 3.24. The SMILES string of the molecule is O=C(CCS(=O)(=O)c1ccc(Br)cc1)Oc1ccccc1. The number of hydrogen-bond acceptors (Lipinski definition) is 4. The van der Waals surface area contributed by atoms with Gasteiger partial charge in [0.1, 0.15) is 5.75 Å². The first kappa shape index (κ1) is 15.7. The average Bonchev–Trinajstić information content (AvgIpc) is 2.47. The van der Waals surface area contributed by atoms with E-state index in [2.05, 4.69) is 15.9 Å². The summed E-state index contributed by atoms with van der Waals surface area (Å²) in [7, 11) is -3.49. The van der Waals surface area contributed by atoms with Gasteiger partial charge in [0.15, 0.2) is 9.84 Å². The molecular weight excluding hydrogens is 356 g/mol. The minimum Gasteiger partial charge on any atom is -0.427 e. The Labute approximate surface area is 131 Å². The molecule has 2 rings (SSSR count). The van der Waals surface area contributed by atoms with Crippen LogP contribution in [-0.4, -0.2) is 20.1 Å². The lowest BCUT2D eigenvalue weighted by molar-refractivity contribution is -0.133. The lowest BCUT2D eigenvalue weighted by Gasteiger charge is -2.05. The lowest BCUT2D eigenvalue weighted by atomic mass is 10.3. The van der Waals surface area contributed by atoms with Crippen LogP contribution in [0.15, 0.2) is 64.0 Å². The summed E-state index contributed by atoms with van der Waals surface area (Å²) in [4.78, 5) is 11.8. The predicted molar refractivity (Wildman–Crippen MR) is 82.9 cm³/mol. The first-order valence-electron chi connectivity index (χ1n) is 6.21. The van der Waals surface area contributed by atoms with E-state index in [0.717, 1.165) is 4.47 Å². The maximum Gasteiger partial charge on any atom is 0.312 e. The molecule has 0 aliphatic rings. The van der Waals surface area contributed by atoms with Crippen molar-refractivity contribution in [3.63, 3.8) is 0 Å².